The molecule has 0 radical (unpaired) electrons. The van der Waals surface area contributed by atoms with Crippen LogP contribution in [0.25, 0.3) is 0 Å². The van der Waals surface area contributed by atoms with Crippen molar-refractivity contribution < 1.29 is 14.3 Å². The van der Waals surface area contributed by atoms with Gasteiger partial charge in [-0.05, 0) is 30.4 Å². The number of fused-ring (bicyclic) bond motifs is 1. The van der Waals surface area contributed by atoms with Gasteiger partial charge in [-0.15, -0.1) is 0 Å². The molecule has 2 aliphatic rings. The van der Waals surface area contributed by atoms with Crippen molar-refractivity contribution in [1.29, 1.82) is 0 Å². The van der Waals surface area contributed by atoms with Crippen LogP contribution in [0.4, 0.5) is 5.82 Å². The number of nitrogens with one attached hydrogen (secondary N) is 1. The summed E-state index contributed by atoms with van der Waals surface area (Å²) in [7, 11) is 0. The van der Waals surface area contributed by atoms with E-state index in [0.29, 0.717) is 50.3 Å². The van der Waals surface area contributed by atoms with Gasteiger partial charge in [-0.25, -0.2) is 4.98 Å². The highest BCUT2D eigenvalue weighted by atomic mass is 16.5. The van der Waals surface area contributed by atoms with E-state index in [1.165, 1.54) is 11.8 Å². The number of amides is 1. The largest absolute Gasteiger partial charge is 0.493 e. The first-order valence-electron chi connectivity index (χ1n) is 9.43. The number of aromatic nitrogens is 2. The molecule has 7 nitrogen and oxygen atoms in total. The molecule has 2 aromatic rings. The molecule has 0 spiro atoms. The quantitative estimate of drug-likeness (QED) is 0.890. The number of rotatable bonds is 4. The van der Waals surface area contributed by atoms with Gasteiger partial charge in [-0.3, -0.25) is 9.78 Å². The topological polar surface area (TPSA) is 76.6 Å². The zero-order valence-corrected chi connectivity index (χ0v) is 15.3. The Labute approximate surface area is 158 Å². The van der Waals surface area contributed by atoms with Gasteiger partial charge in [0.05, 0.1) is 32.2 Å². The molecular formula is C20H24N4O3. The van der Waals surface area contributed by atoms with E-state index in [1.807, 2.05) is 18.2 Å². The number of morpholine rings is 1. The summed E-state index contributed by atoms with van der Waals surface area (Å²) in [5.74, 6) is 1.96. The Morgan fingerprint density at radius 2 is 2.04 bits per heavy atom. The number of ether oxygens (including phenoxy) is 2. The molecule has 142 valence electrons. The molecule has 2 aliphatic heterocycles. The van der Waals surface area contributed by atoms with Crippen molar-refractivity contribution >= 4 is 11.7 Å². The highest BCUT2D eigenvalue weighted by molar-refractivity contribution is 5.92. The summed E-state index contributed by atoms with van der Waals surface area (Å²) in [5.41, 5.74) is 1.61. The molecule has 7 heteroatoms. The van der Waals surface area contributed by atoms with Crippen LogP contribution in [0.1, 0.15) is 22.5 Å². The first-order chi connectivity index (χ1) is 13.3. The third kappa shape index (κ3) is 4.36. The van der Waals surface area contributed by atoms with Crippen LogP contribution in [-0.4, -0.2) is 60.2 Å². The number of hydrogen-bond acceptors (Lipinski definition) is 6. The minimum atomic E-state index is -0.0914. The SMILES string of the molecule is O=C(c1cncc(NCC2CCOc3ccccc3C2)n1)N1CCOCC1. The summed E-state index contributed by atoms with van der Waals surface area (Å²) in [4.78, 5) is 23.0. The van der Waals surface area contributed by atoms with E-state index < -0.39 is 0 Å². The van der Waals surface area contributed by atoms with Crippen LogP contribution in [0.5, 0.6) is 5.75 Å². The first kappa shape index (κ1) is 17.7. The normalized spacial score (nSPS) is 19.6. The number of nitrogens with zero attached hydrogens (tertiary/aromatic N) is 3. The van der Waals surface area contributed by atoms with Gasteiger partial charge >= 0.3 is 0 Å². The van der Waals surface area contributed by atoms with Crippen molar-refractivity contribution in [3.8, 4) is 5.75 Å². The fourth-order valence-corrected chi connectivity index (χ4v) is 3.47. The maximum atomic E-state index is 12.6. The summed E-state index contributed by atoms with van der Waals surface area (Å²) < 4.78 is 11.1. The molecule has 0 saturated carbocycles. The van der Waals surface area contributed by atoms with Gasteiger partial charge in [0.1, 0.15) is 17.3 Å². The molecule has 1 aromatic heterocycles. The predicted molar refractivity (Wildman–Crippen MR) is 101 cm³/mol. The third-order valence-electron chi connectivity index (χ3n) is 4.99. The highest BCUT2D eigenvalue weighted by Crippen LogP contribution is 2.26. The number of para-hydroxylation sites is 1. The minimum Gasteiger partial charge on any atom is -0.493 e. The van der Waals surface area contributed by atoms with Crippen molar-refractivity contribution in [2.45, 2.75) is 12.8 Å². The molecule has 1 amide bonds. The lowest BCUT2D eigenvalue weighted by molar-refractivity contribution is 0.0299. The van der Waals surface area contributed by atoms with Crippen LogP contribution >= 0.6 is 0 Å². The Kier molecular flexibility index (Phi) is 5.48. The Balaban J connectivity index is 1.38. The Morgan fingerprint density at radius 3 is 2.93 bits per heavy atom. The lowest BCUT2D eigenvalue weighted by atomic mass is 9.97. The van der Waals surface area contributed by atoms with Crippen molar-refractivity contribution in [2.24, 2.45) is 5.92 Å². The maximum absolute atomic E-state index is 12.6. The summed E-state index contributed by atoms with van der Waals surface area (Å²) in [5, 5.41) is 3.35. The Hall–Kier alpha value is -2.67. The van der Waals surface area contributed by atoms with E-state index in [1.54, 1.807) is 11.1 Å². The number of carbonyl (C=O) groups is 1. The average molecular weight is 368 g/mol. The molecule has 1 saturated heterocycles. The summed E-state index contributed by atoms with van der Waals surface area (Å²) >= 11 is 0. The van der Waals surface area contributed by atoms with E-state index in [2.05, 4.69) is 21.4 Å². The lowest BCUT2D eigenvalue weighted by Gasteiger charge is -2.26. The lowest BCUT2D eigenvalue weighted by Crippen LogP contribution is -2.41. The molecule has 1 fully saturated rings. The van der Waals surface area contributed by atoms with Gasteiger partial charge in [0, 0.05) is 19.6 Å². The minimum absolute atomic E-state index is 0.0914. The second-order valence-electron chi connectivity index (χ2n) is 6.89. The van der Waals surface area contributed by atoms with Crippen LogP contribution in [0.3, 0.4) is 0 Å². The number of anilines is 1. The van der Waals surface area contributed by atoms with Gasteiger partial charge in [0.15, 0.2) is 0 Å². The van der Waals surface area contributed by atoms with Crippen molar-refractivity contribution in [2.75, 3.05) is 44.8 Å². The summed E-state index contributed by atoms with van der Waals surface area (Å²) in [6, 6.07) is 8.20. The van der Waals surface area contributed by atoms with E-state index in [0.717, 1.165) is 25.1 Å². The molecule has 1 N–H and O–H groups in total. The summed E-state index contributed by atoms with van der Waals surface area (Å²) in [6.45, 7) is 3.82. The molecule has 3 heterocycles. The second-order valence-corrected chi connectivity index (χ2v) is 6.89. The zero-order valence-electron chi connectivity index (χ0n) is 15.3. The monoisotopic (exact) mass is 368 g/mol. The van der Waals surface area contributed by atoms with Gasteiger partial charge < -0.3 is 19.7 Å². The van der Waals surface area contributed by atoms with E-state index in [9.17, 15) is 4.79 Å². The van der Waals surface area contributed by atoms with Crippen LogP contribution in [0.15, 0.2) is 36.7 Å². The Bertz CT molecular complexity index is 792. The van der Waals surface area contributed by atoms with Crippen LogP contribution in [0, 0.1) is 5.92 Å². The summed E-state index contributed by atoms with van der Waals surface area (Å²) in [6.07, 6.45) is 5.13. The zero-order chi connectivity index (χ0) is 18.5. The molecule has 1 atom stereocenters. The van der Waals surface area contributed by atoms with Crippen LogP contribution in [0.2, 0.25) is 0 Å². The van der Waals surface area contributed by atoms with Gasteiger partial charge in [0.25, 0.3) is 5.91 Å². The maximum Gasteiger partial charge on any atom is 0.274 e. The smallest absolute Gasteiger partial charge is 0.274 e. The Morgan fingerprint density at radius 1 is 1.19 bits per heavy atom. The second kappa shape index (κ2) is 8.35. The molecule has 1 unspecified atom stereocenters. The molecule has 0 aliphatic carbocycles. The molecule has 0 bridgehead atoms. The van der Waals surface area contributed by atoms with Gasteiger partial charge in [-0.2, -0.15) is 0 Å². The number of hydrogen-bond donors (Lipinski definition) is 1. The van der Waals surface area contributed by atoms with E-state index >= 15 is 0 Å². The van der Waals surface area contributed by atoms with Crippen molar-refractivity contribution in [3.05, 3.63) is 47.9 Å². The van der Waals surface area contributed by atoms with Gasteiger partial charge in [0.2, 0.25) is 0 Å². The van der Waals surface area contributed by atoms with Crippen molar-refractivity contribution in [3.63, 3.8) is 0 Å². The standard InChI is InChI=1S/C20H24N4O3/c25-20(24-6-9-26-10-7-24)17-13-21-14-19(23-17)22-12-15-5-8-27-18-4-2-1-3-16(18)11-15/h1-4,13-15H,5-12H2,(H,22,23). The molecule has 1 aromatic carbocycles. The predicted octanol–water partition coefficient (Wildman–Crippen LogP) is 2.00. The third-order valence-corrected chi connectivity index (χ3v) is 4.99. The first-order valence-corrected chi connectivity index (χ1v) is 9.43. The fraction of sp³-hybridized carbons (Fsp3) is 0.450. The molecular weight excluding hydrogens is 344 g/mol. The van der Waals surface area contributed by atoms with E-state index in [-0.39, 0.29) is 5.91 Å². The van der Waals surface area contributed by atoms with Crippen LogP contribution in [-0.2, 0) is 11.2 Å². The number of benzene rings is 1. The molecule has 4 rings (SSSR count). The average Bonchev–Trinajstić information content (AvgIpc) is 2.94. The van der Waals surface area contributed by atoms with Crippen LogP contribution < -0.4 is 10.1 Å². The fourth-order valence-electron chi connectivity index (χ4n) is 3.47. The van der Waals surface area contributed by atoms with E-state index in [4.69, 9.17) is 9.47 Å². The highest BCUT2D eigenvalue weighted by Gasteiger charge is 2.21. The number of carbonyl (C=O) groups excluding carboxylic acids is 1. The van der Waals surface area contributed by atoms with Crippen molar-refractivity contribution in [1.82, 2.24) is 14.9 Å². The molecule has 27 heavy (non-hydrogen) atoms. The van der Waals surface area contributed by atoms with Gasteiger partial charge in [-0.1, -0.05) is 18.2 Å².